The normalized spacial score (nSPS) is 21.9. The quantitative estimate of drug-likeness (QED) is 0.0998. The first-order chi connectivity index (χ1) is 35.5. The highest BCUT2D eigenvalue weighted by molar-refractivity contribution is 5.99. The van der Waals surface area contributed by atoms with Gasteiger partial charge in [-0.3, -0.25) is 38.9 Å². The van der Waals surface area contributed by atoms with E-state index in [0.29, 0.717) is 24.8 Å². The number of hydrogen-bond acceptors (Lipinski definition) is 8. The lowest BCUT2D eigenvalue weighted by Gasteiger charge is -2.42. The molecule has 1 unspecified atom stereocenters. The minimum Gasteiger partial charge on any atom is -0.347 e. The van der Waals surface area contributed by atoms with Gasteiger partial charge in [0.2, 0.25) is 35.4 Å². The number of likely N-dealkylation sites (tertiary alicyclic amines) is 1. The summed E-state index contributed by atoms with van der Waals surface area (Å²) in [5, 5.41) is 17.7. The van der Waals surface area contributed by atoms with Crippen LogP contribution in [0.5, 0.6) is 0 Å². The van der Waals surface area contributed by atoms with E-state index in [1.54, 1.807) is 44.7 Å². The Morgan fingerprint density at radius 2 is 1.12 bits per heavy atom. The van der Waals surface area contributed by atoms with Crippen molar-refractivity contribution in [2.24, 2.45) is 22.7 Å². The first-order valence-electron chi connectivity index (χ1n) is 27.2. The number of carbonyl (C=O) groups excluding carboxylic acids is 8. The van der Waals surface area contributed by atoms with E-state index in [2.05, 4.69) is 44.0 Å². The van der Waals surface area contributed by atoms with Gasteiger partial charge in [0.1, 0.15) is 24.2 Å². The van der Waals surface area contributed by atoms with Crippen LogP contribution in [0.3, 0.4) is 0 Å². The zero-order valence-corrected chi connectivity index (χ0v) is 45.7. The van der Waals surface area contributed by atoms with E-state index < -0.39 is 76.6 Å². The average molecular weight is 1030 g/mol. The summed E-state index contributed by atoms with van der Waals surface area (Å²) in [4.78, 5) is 116. The van der Waals surface area contributed by atoms with Crippen molar-refractivity contribution < 1.29 is 38.4 Å². The largest absolute Gasteiger partial charge is 0.347 e. The van der Waals surface area contributed by atoms with Gasteiger partial charge >= 0.3 is 6.03 Å². The molecule has 1 saturated heterocycles. The standard InChI is InChI=1S/C59H80N8O8/c1-11-34(3)50(68)63-48(58(5,6)7)55(73)66-32-40-29-39(28-27-38(40)30-46(66)53(71)61-44-25-17-21-36-19-13-15-23-42(36)44)52(70)60-41-31-47(54(72)62-45-26-18-22-37-20-14-16-24-43(37)45)67(33-41)56(74)49(59(8,9)10)64-57(75)65-51(69)35(4)12-2/h13-16,19-20,23-24,27-29,34-35,41,44-49H,11-12,17-18,21-22,25-26,30-33H2,1-10H3,(H,60,70)(H,61,71)(H,62,72)(H,63,68)(H2,64,65,69,75)/t34-,35-,41+,44-,45-,46+,47?,48-,49-/m1/s1. The lowest BCUT2D eigenvalue weighted by molar-refractivity contribution is -0.147. The molecule has 75 heavy (non-hydrogen) atoms. The number of amides is 9. The first-order valence-corrected chi connectivity index (χ1v) is 27.2. The summed E-state index contributed by atoms with van der Waals surface area (Å²) in [6.07, 6.45) is 6.42. The Morgan fingerprint density at radius 1 is 0.600 bits per heavy atom. The van der Waals surface area contributed by atoms with Crippen molar-refractivity contribution in [3.63, 3.8) is 0 Å². The second-order valence-electron chi connectivity index (χ2n) is 23.6. The highest BCUT2D eigenvalue weighted by Crippen LogP contribution is 2.35. The second kappa shape index (κ2) is 23.5. The van der Waals surface area contributed by atoms with E-state index in [1.165, 1.54) is 10.5 Å². The molecule has 404 valence electrons. The number of carbonyl (C=O) groups is 8. The van der Waals surface area contributed by atoms with Gasteiger partial charge in [-0.15, -0.1) is 0 Å². The van der Waals surface area contributed by atoms with Crippen LogP contribution in [0.1, 0.15) is 170 Å². The third kappa shape index (κ3) is 13.1. The van der Waals surface area contributed by atoms with Crippen molar-refractivity contribution in [3.8, 4) is 0 Å². The highest BCUT2D eigenvalue weighted by Gasteiger charge is 2.47. The number of aryl methyl sites for hydroxylation is 2. The maximum Gasteiger partial charge on any atom is 0.322 e. The molecule has 16 nitrogen and oxygen atoms in total. The van der Waals surface area contributed by atoms with Crippen molar-refractivity contribution in [2.45, 2.75) is 182 Å². The van der Waals surface area contributed by atoms with Crippen molar-refractivity contribution in [1.82, 2.24) is 41.7 Å². The van der Waals surface area contributed by atoms with Crippen molar-refractivity contribution in [1.29, 1.82) is 0 Å². The van der Waals surface area contributed by atoms with Gasteiger partial charge in [0.05, 0.1) is 12.1 Å². The van der Waals surface area contributed by atoms with E-state index in [9.17, 15) is 33.6 Å². The Labute approximate surface area is 443 Å². The second-order valence-corrected chi connectivity index (χ2v) is 23.6. The van der Waals surface area contributed by atoms with Gasteiger partial charge in [0.25, 0.3) is 5.91 Å². The van der Waals surface area contributed by atoms with Crippen LogP contribution in [-0.2, 0) is 54.6 Å². The molecule has 9 amide bonds. The minimum atomic E-state index is -1.15. The summed E-state index contributed by atoms with van der Waals surface area (Å²) in [6, 6.07) is 15.2. The van der Waals surface area contributed by atoms with Crippen LogP contribution in [0.4, 0.5) is 4.79 Å². The van der Waals surface area contributed by atoms with Gasteiger partial charge in [-0.05, 0) is 114 Å². The number of imide groups is 1. The number of urea groups is 1. The third-order valence-electron chi connectivity index (χ3n) is 15.9. The Kier molecular flexibility index (Phi) is 17.6. The number of hydrogen-bond donors (Lipinski definition) is 6. The first kappa shape index (κ1) is 56.2. The molecule has 2 aliphatic carbocycles. The highest BCUT2D eigenvalue weighted by atomic mass is 16.2. The van der Waals surface area contributed by atoms with Crippen LogP contribution in [0.15, 0.2) is 66.7 Å². The molecule has 0 spiro atoms. The molecule has 4 aliphatic rings. The molecule has 2 aliphatic heterocycles. The number of nitrogens with zero attached hydrogens (tertiary/aromatic N) is 2. The minimum absolute atomic E-state index is 0.00359. The third-order valence-corrected chi connectivity index (χ3v) is 15.9. The topological polar surface area (TPSA) is 215 Å². The average Bonchev–Trinajstić information content (AvgIpc) is 3.81. The van der Waals surface area contributed by atoms with Gasteiger partial charge in [0.15, 0.2) is 0 Å². The molecular formula is C59H80N8O8. The van der Waals surface area contributed by atoms with E-state index in [4.69, 9.17) is 0 Å². The summed E-state index contributed by atoms with van der Waals surface area (Å²) in [6.45, 7) is 18.2. The molecular weight excluding hydrogens is 949 g/mol. The Bertz CT molecular complexity index is 2650. The summed E-state index contributed by atoms with van der Waals surface area (Å²) in [7, 11) is 0. The molecule has 0 radical (unpaired) electrons. The number of nitrogens with one attached hydrogen (secondary N) is 6. The van der Waals surface area contributed by atoms with E-state index in [1.807, 2.05) is 84.0 Å². The molecule has 0 bridgehead atoms. The predicted octanol–water partition coefficient (Wildman–Crippen LogP) is 6.89. The molecule has 0 aromatic heterocycles. The molecule has 16 heteroatoms. The fourth-order valence-electron chi connectivity index (χ4n) is 10.9. The zero-order chi connectivity index (χ0) is 54.5. The van der Waals surface area contributed by atoms with Gasteiger partial charge in [-0.2, -0.15) is 0 Å². The SMILES string of the molecule is CC[C@@H](C)C(=O)NC(=O)N[C@H](C(=O)N1C[C@@H](NC(=O)c2ccc3c(c2)CN(C(=O)[C@@H](NC(=O)[C@H](C)CC)C(C)(C)C)[C@H](C(=O)N[C@@H]2CCCc4ccccc42)C3)CC1C(=O)N[C@@H]1CCCc2ccccc21)C(C)(C)C. The summed E-state index contributed by atoms with van der Waals surface area (Å²) in [5.74, 6) is -3.58. The lowest BCUT2D eigenvalue weighted by Crippen LogP contribution is -2.61. The Hall–Kier alpha value is -6.58. The smallest absolute Gasteiger partial charge is 0.322 e. The molecule has 0 saturated carbocycles. The van der Waals surface area contributed by atoms with E-state index in [0.717, 1.165) is 54.4 Å². The van der Waals surface area contributed by atoms with Crippen molar-refractivity contribution in [3.05, 3.63) is 106 Å². The van der Waals surface area contributed by atoms with Crippen molar-refractivity contribution >= 4 is 47.4 Å². The number of fused-ring (bicyclic) bond motifs is 3. The fraction of sp³-hybridized carbons (Fsp3) is 0.559. The molecule has 3 aromatic rings. The van der Waals surface area contributed by atoms with Crippen LogP contribution in [0, 0.1) is 22.7 Å². The Balaban J connectivity index is 1.15. The molecule has 6 N–H and O–H groups in total. The molecule has 2 heterocycles. The van der Waals surface area contributed by atoms with E-state index >= 15 is 4.79 Å². The molecule has 3 aromatic carbocycles. The lowest BCUT2D eigenvalue weighted by atomic mass is 9.83. The number of benzene rings is 3. The summed E-state index contributed by atoms with van der Waals surface area (Å²) >= 11 is 0. The number of rotatable bonds is 14. The van der Waals surface area contributed by atoms with Crippen molar-refractivity contribution in [2.75, 3.05) is 6.54 Å². The van der Waals surface area contributed by atoms with E-state index in [-0.39, 0.29) is 67.2 Å². The Morgan fingerprint density at radius 3 is 1.68 bits per heavy atom. The maximum atomic E-state index is 15.0. The molecule has 7 rings (SSSR count). The van der Waals surface area contributed by atoms with Gasteiger partial charge in [-0.25, -0.2) is 4.79 Å². The fourth-order valence-corrected chi connectivity index (χ4v) is 10.9. The van der Waals surface area contributed by atoms with Crippen LogP contribution in [0.2, 0.25) is 0 Å². The van der Waals surface area contributed by atoms with Gasteiger partial charge in [-0.1, -0.05) is 124 Å². The summed E-state index contributed by atoms with van der Waals surface area (Å²) < 4.78 is 0. The van der Waals surface area contributed by atoms with Crippen LogP contribution in [-0.4, -0.2) is 93.9 Å². The van der Waals surface area contributed by atoms with Crippen LogP contribution in [0.25, 0.3) is 0 Å². The van der Waals surface area contributed by atoms with Gasteiger partial charge in [0, 0.05) is 43.0 Å². The molecule has 9 atom stereocenters. The maximum absolute atomic E-state index is 15.0. The predicted molar refractivity (Wildman–Crippen MR) is 287 cm³/mol. The zero-order valence-electron chi connectivity index (χ0n) is 45.7. The van der Waals surface area contributed by atoms with Crippen LogP contribution >= 0.6 is 0 Å². The summed E-state index contributed by atoms with van der Waals surface area (Å²) in [5.41, 5.74) is 4.59. The molecule has 1 fully saturated rings. The van der Waals surface area contributed by atoms with Gasteiger partial charge < -0.3 is 36.4 Å². The monoisotopic (exact) mass is 1030 g/mol. The van der Waals surface area contributed by atoms with Crippen LogP contribution < -0.4 is 31.9 Å².